The van der Waals surface area contributed by atoms with Gasteiger partial charge in [0.05, 0.1) is 23.0 Å². The average molecular weight is 361 g/mol. The van der Waals surface area contributed by atoms with Gasteiger partial charge >= 0.3 is 0 Å². The zero-order valence-corrected chi connectivity index (χ0v) is 15.1. The maximum absolute atomic E-state index is 12.1. The van der Waals surface area contributed by atoms with Crippen LogP contribution in [0.5, 0.6) is 5.88 Å². The number of nitrogens with zero attached hydrogens (tertiary/aromatic N) is 4. The van der Waals surface area contributed by atoms with E-state index in [2.05, 4.69) is 21.0 Å². The lowest BCUT2D eigenvalue weighted by atomic mass is 10.0. The Morgan fingerprint density at radius 1 is 1.19 bits per heavy atom. The highest BCUT2D eigenvalue weighted by atomic mass is 16.5. The van der Waals surface area contributed by atoms with Gasteiger partial charge in [0.2, 0.25) is 11.8 Å². The molecule has 0 fully saturated rings. The second kappa shape index (κ2) is 7.70. The molecule has 0 saturated carbocycles. The van der Waals surface area contributed by atoms with Crippen LogP contribution in [-0.2, 0) is 0 Å². The van der Waals surface area contributed by atoms with Crippen molar-refractivity contribution in [2.75, 3.05) is 12.3 Å². The maximum atomic E-state index is 12.1. The third kappa shape index (κ3) is 3.80. The molecule has 0 atom stereocenters. The van der Waals surface area contributed by atoms with Crippen LogP contribution >= 0.6 is 0 Å². The van der Waals surface area contributed by atoms with Crippen LogP contribution in [0.2, 0.25) is 0 Å². The molecule has 27 heavy (non-hydrogen) atoms. The molecule has 0 saturated heterocycles. The second-order valence-electron chi connectivity index (χ2n) is 6.06. The van der Waals surface area contributed by atoms with E-state index in [1.54, 1.807) is 6.07 Å². The summed E-state index contributed by atoms with van der Waals surface area (Å²) in [6.07, 6.45) is 5.33. The molecule has 1 aromatic carbocycles. The standard InChI is InChI=1S/C20H19N5O2/c1-4-12-27-19-17(15-10-11-16(26)25(24-15)13(2)3)18(22-20(21)23-19)14-8-6-5-7-9-14/h1,5-11,13H,12H2,2-3H3,(H2,21,22,23). The quantitative estimate of drug-likeness (QED) is 0.702. The van der Waals surface area contributed by atoms with Crippen LogP contribution < -0.4 is 16.0 Å². The molecule has 2 N–H and O–H groups in total. The van der Waals surface area contributed by atoms with Gasteiger partial charge in [0.1, 0.15) is 0 Å². The molecule has 0 aliphatic heterocycles. The van der Waals surface area contributed by atoms with Crippen molar-refractivity contribution < 1.29 is 4.74 Å². The molecule has 0 aliphatic carbocycles. The Morgan fingerprint density at radius 3 is 2.59 bits per heavy atom. The molecule has 0 aliphatic rings. The first-order valence-corrected chi connectivity index (χ1v) is 8.40. The van der Waals surface area contributed by atoms with E-state index in [1.165, 1.54) is 10.7 Å². The van der Waals surface area contributed by atoms with Crippen molar-refractivity contribution in [1.29, 1.82) is 0 Å². The molecule has 136 valence electrons. The highest BCUT2D eigenvalue weighted by Crippen LogP contribution is 2.36. The summed E-state index contributed by atoms with van der Waals surface area (Å²) < 4.78 is 7.01. The molecule has 7 nitrogen and oxygen atoms in total. The smallest absolute Gasteiger partial charge is 0.267 e. The summed E-state index contributed by atoms with van der Waals surface area (Å²) >= 11 is 0. The van der Waals surface area contributed by atoms with Crippen LogP contribution in [0.3, 0.4) is 0 Å². The van der Waals surface area contributed by atoms with E-state index < -0.39 is 0 Å². The van der Waals surface area contributed by atoms with Gasteiger partial charge in [0.15, 0.2) is 6.61 Å². The Balaban J connectivity index is 2.31. The zero-order valence-electron chi connectivity index (χ0n) is 15.1. The predicted octanol–water partition coefficient (Wildman–Crippen LogP) is 2.54. The number of nitrogen functional groups attached to an aromatic ring is 1. The van der Waals surface area contributed by atoms with E-state index >= 15 is 0 Å². The van der Waals surface area contributed by atoms with Crippen LogP contribution in [0.25, 0.3) is 22.5 Å². The van der Waals surface area contributed by atoms with Gasteiger partial charge in [0.25, 0.3) is 5.56 Å². The molecule has 0 radical (unpaired) electrons. The first kappa shape index (κ1) is 18.1. The summed E-state index contributed by atoms with van der Waals surface area (Å²) in [7, 11) is 0. The average Bonchev–Trinajstić information content (AvgIpc) is 2.67. The number of anilines is 1. The van der Waals surface area contributed by atoms with Crippen molar-refractivity contribution in [1.82, 2.24) is 19.7 Å². The molecule has 2 aromatic heterocycles. The fourth-order valence-corrected chi connectivity index (χ4v) is 2.64. The number of benzene rings is 1. The van der Waals surface area contributed by atoms with Crippen LogP contribution in [0.4, 0.5) is 5.95 Å². The number of ether oxygens (including phenoxy) is 1. The fourth-order valence-electron chi connectivity index (χ4n) is 2.64. The minimum Gasteiger partial charge on any atom is -0.464 e. The SMILES string of the molecule is C#CCOc1nc(N)nc(-c2ccccc2)c1-c1ccc(=O)n(C(C)C)n1. The second-order valence-corrected chi connectivity index (χ2v) is 6.06. The molecule has 3 aromatic rings. The minimum atomic E-state index is -0.197. The first-order valence-electron chi connectivity index (χ1n) is 8.40. The highest BCUT2D eigenvalue weighted by molar-refractivity contribution is 5.83. The van der Waals surface area contributed by atoms with Crippen molar-refractivity contribution in [3.05, 3.63) is 52.8 Å². The molecule has 0 amide bonds. The molecule has 0 unspecified atom stereocenters. The first-order chi connectivity index (χ1) is 13.0. The van der Waals surface area contributed by atoms with E-state index in [0.29, 0.717) is 17.0 Å². The van der Waals surface area contributed by atoms with E-state index in [4.69, 9.17) is 16.9 Å². The van der Waals surface area contributed by atoms with Gasteiger partial charge in [0, 0.05) is 11.6 Å². The lowest BCUT2D eigenvalue weighted by Gasteiger charge is -2.15. The molecule has 0 spiro atoms. The van der Waals surface area contributed by atoms with Crippen molar-refractivity contribution in [3.8, 4) is 40.7 Å². The van der Waals surface area contributed by atoms with E-state index in [-0.39, 0.29) is 30.0 Å². The van der Waals surface area contributed by atoms with E-state index in [0.717, 1.165) is 5.56 Å². The van der Waals surface area contributed by atoms with Crippen molar-refractivity contribution >= 4 is 5.95 Å². The summed E-state index contributed by atoms with van der Waals surface area (Å²) in [6.45, 7) is 3.78. The van der Waals surface area contributed by atoms with Gasteiger partial charge in [-0.25, -0.2) is 9.67 Å². The number of nitrogens with two attached hydrogens (primary N) is 1. The van der Waals surface area contributed by atoms with Crippen molar-refractivity contribution in [2.24, 2.45) is 0 Å². The van der Waals surface area contributed by atoms with Crippen molar-refractivity contribution in [2.45, 2.75) is 19.9 Å². The van der Waals surface area contributed by atoms with Crippen LogP contribution in [0, 0.1) is 12.3 Å². The van der Waals surface area contributed by atoms with E-state index in [9.17, 15) is 4.79 Å². The Morgan fingerprint density at radius 2 is 1.93 bits per heavy atom. The Bertz CT molecular complexity index is 1050. The molecular weight excluding hydrogens is 342 g/mol. The molecular formula is C20H19N5O2. The highest BCUT2D eigenvalue weighted by Gasteiger charge is 2.20. The number of hydrogen-bond acceptors (Lipinski definition) is 6. The maximum Gasteiger partial charge on any atom is 0.267 e. The third-order valence-electron chi connectivity index (χ3n) is 3.80. The topological polar surface area (TPSA) is 95.9 Å². The van der Waals surface area contributed by atoms with Crippen LogP contribution in [0.15, 0.2) is 47.3 Å². The summed E-state index contributed by atoms with van der Waals surface area (Å²) in [4.78, 5) is 20.7. The largest absolute Gasteiger partial charge is 0.464 e. The number of hydrogen-bond donors (Lipinski definition) is 1. The summed E-state index contributed by atoms with van der Waals surface area (Å²) in [5, 5.41) is 4.48. The predicted molar refractivity (Wildman–Crippen MR) is 104 cm³/mol. The molecule has 7 heteroatoms. The van der Waals surface area contributed by atoms with E-state index in [1.807, 2.05) is 44.2 Å². The Kier molecular flexibility index (Phi) is 5.18. The summed E-state index contributed by atoms with van der Waals surface area (Å²) in [5.74, 6) is 2.69. The minimum absolute atomic E-state index is 0.0154. The normalized spacial score (nSPS) is 10.6. The van der Waals surface area contributed by atoms with Gasteiger partial charge in [-0.3, -0.25) is 4.79 Å². The Hall–Kier alpha value is -3.66. The molecule has 2 heterocycles. The van der Waals surface area contributed by atoms with Gasteiger partial charge < -0.3 is 10.5 Å². The lowest BCUT2D eigenvalue weighted by Crippen LogP contribution is -2.24. The Labute approximate surface area is 156 Å². The van der Waals surface area contributed by atoms with Gasteiger partial charge in [-0.2, -0.15) is 10.1 Å². The van der Waals surface area contributed by atoms with Gasteiger partial charge in [-0.05, 0) is 19.9 Å². The third-order valence-corrected chi connectivity index (χ3v) is 3.80. The number of rotatable bonds is 5. The van der Waals surface area contributed by atoms with Gasteiger partial charge in [-0.15, -0.1) is 6.42 Å². The van der Waals surface area contributed by atoms with Crippen LogP contribution in [-0.4, -0.2) is 26.4 Å². The summed E-state index contributed by atoms with van der Waals surface area (Å²) in [5.41, 5.74) is 8.08. The van der Waals surface area contributed by atoms with Crippen LogP contribution in [0.1, 0.15) is 19.9 Å². The molecule has 3 rings (SSSR count). The summed E-state index contributed by atoms with van der Waals surface area (Å²) in [6, 6.07) is 12.4. The van der Waals surface area contributed by atoms with Crippen molar-refractivity contribution in [3.63, 3.8) is 0 Å². The number of terminal acetylenes is 1. The number of aromatic nitrogens is 4. The lowest BCUT2D eigenvalue weighted by molar-refractivity contribution is 0.357. The molecule has 0 bridgehead atoms. The monoisotopic (exact) mass is 361 g/mol. The fraction of sp³-hybridized carbons (Fsp3) is 0.200. The zero-order chi connectivity index (χ0) is 19.4. The van der Waals surface area contributed by atoms with Gasteiger partial charge in [-0.1, -0.05) is 36.3 Å².